The molecule has 0 spiro atoms. The summed E-state index contributed by atoms with van der Waals surface area (Å²) in [5.41, 5.74) is 3.65. The van der Waals surface area contributed by atoms with E-state index in [1.165, 1.54) is 17.5 Å². The Morgan fingerprint density at radius 2 is 1.95 bits per heavy atom. The molecule has 3 rings (SSSR count). The zero-order valence-electron chi connectivity index (χ0n) is 10.8. The molecule has 1 aromatic heterocycles. The molecule has 1 atom stereocenters. The summed E-state index contributed by atoms with van der Waals surface area (Å²) in [5.74, 6) is 0. The molecule has 0 aliphatic heterocycles. The molecule has 0 amide bonds. The van der Waals surface area contributed by atoms with Crippen molar-refractivity contribution >= 4 is 11.6 Å². The van der Waals surface area contributed by atoms with E-state index in [1.807, 2.05) is 24.3 Å². The lowest BCUT2D eigenvalue weighted by Gasteiger charge is -2.06. The van der Waals surface area contributed by atoms with Gasteiger partial charge in [-0.25, -0.2) is 0 Å². The molecule has 0 saturated carbocycles. The van der Waals surface area contributed by atoms with Gasteiger partial charge in [0, 0.05) is 29.5 Å². The number of aliphatic hydroxyl groups is 1. The fourth-order valence-corrected chi connectivity index (χ4v) is 2.91. The van der Waals surface area contributed by atoms with E-state index in [9.17, 15) is 5.11 Å². The summed E-state index contributed by atoms with van der Waals surface area (Å²) in [6.07, 6.45) is 8.25. The molecule has 3 heteroatoms. The smallest absolute Gasteiger partial charge is 0.0807 e. The maximum absolute atomic E-state index is 10.1. The van der Waals surface area contributed by atoms with E-state index in [0.717, 1.165) is 36.4 Å². The standard InChI is InChI=1S/C16H18ClNO/c17-14-7-5-12(6-8-14)9-18-10-13-3-1-2-4-16(19)15(13)11-18/h5-8,10-11,16,19H,1-4,9H2. The van der Waals surface area contributed by atoms with Crippen LogP contribution >= 0.6 is 11.6 Å². The summed E-state index contributed by atoms with van der Waals surface area (Å²) in [7, 11) is 0. The number of fused-ring (bicyclic) bond motifs is 1. The van der Waals surface area contributed by atoms with Crippen LogP contribution in [0.5, 0.6) is 0 Å². The number of hydrogen-bond acceptors (Lipinski definition) is 1. The van der Waals surface area contributed by atoms with Crippen molar-refractivity contribution in [3.63, 3.8) is 0 Å². The molecule has 0 bridgehead atoms. The number of halogens is 1. The Hall–Kier alpha value is -1.25. The topological polar surface area (TPSA) is 25.2 Å². The average molecular weight is 276 g/mol. The number of aryl methyl sites for hydroxylation is 1. The highest BCUT2D eigenvalue weighted by Gasteiger charge is 2.18. The minimum absolute atomic E-state index is 0.288. The van der Waals surface area contributed by atoms with Crippen LogP contribution in [0, 0.1) is 0 Å². The first-order valence-corrected chi connectivity index (χ1v) is 7.21. The number of aliphatic hydroxyl groups excluding tert-OH is 1. The Morgan fingerprint density at radius 1 is 1.16 bits per heavy atom. The summed E-state index contributed by atoms with van der Waals surface area (Å²) in [5, 5.41) is 10.9. The predicted molar refractivity (Wildman–Crippen MR) is 77.5 cm³/mol. The molecule has 19 heavy (non-hydrogen) atoms. The summed E-state index contributed by atoms with van der Waals surface area (Å²) < 4.78 is 2.17. The van der Waals surface area contributed by atoms with E-state index >= 15 is 0 Å². The van der Waals surface area contributed by atoms with Crippen molar-refractivity contribution in [2.45, 2.75) is 38.3 Å². The SMILES string of the molecule is OC1CCCCc2cn(Cc3ccc(Cl)cc3)cc21. The third-order valence-corrected chi connectivity index (χ3v) is 4.06. The predicted octanol–water partition coefficient (Wildman–Crippen LogP) is 3.95. The lowest BCUT2D eigenvalue weighted by molar-refractivity contribution is 0.166. The van der Waals surface area contributed by atoms with Crippen LogP contribution in [0.15, 0.2) is 36.7 Å². The third kappa shape index (κ3) is 2.85. The average Bonchev–Trinajstić information content (AvgIpc) is 2.72. The van der Waals surface area contributed by atoms with E-state index in [-0.39, 0.29) is 6.10 Å². The van der Waals surface area contributed by atoms with Gasteiger partial charge in [0.15, 0.2) is 0 Å². The van der Waals surface area contributed by atoms with Crippen LogP contribution in [-0.4, -0.2) is 9.67 Å². The molecule has 1 aromatic carbocycles. The largest absolute Gasteiger partial charge is 0.388 e. The Bertz CT molecular complexity index is 559. The first-order chi connectivity index (χ1) is 9.22. The van der Waals surface area contributed by atoms with Gasteiger partial charge >= 0.3 is 0 Å². The first kappa shape index (κ1) is 12.8. The highest BCUT2D eigenvalue weighted by Crippen LogP contribution is 2.29. The van der Waals surface area contributed by atoms with Crippen molar-refractivity contribution in [3.05, 3.63) is 58.4 Å². The first-order valence-electron chi connectivity index (χ1n) is 6.83. The van der Waals surface area contributed by atoms with E-state index in [2.05, 4.69) is 17.0 Å². The summed E-state index contributed by atoms with van der Waals surface area (Å²) in [4.78, 5) is 0. The zero-order valence-corrected chi connectivity index (χ0v) is 11.6. The van der Waals surface area contributed by atoms with E-state index in [4.69, 9.17) is 11.6 Å². The van der Waals surface area contributed by atoms with Gasteiger partial charge in [0.05, 0.1) is 6.10 Å². The summed E-state index contributed by atoms with van der Waals surface area (Å²) in [6, 6.07) is 7.92. The molecule has 0 fully saturated rings. The number of hydrogen-bond donors (Lipinski definition) is 1. The second-order valence-corrected chi connectivity index (χ2v) is 5.74. The molecule has 2 aromatic rings. The fraction of sp³-hybridized carbons (Fsp3) is 0.375. The van der Waals surface area contributed by atoms with Crippen molar-refractivity contribution < 1.29 is 5.11 Å². The van der Waals surface area contributed by atoms with Gasteiger partial charge < -0.3 is 9.67 Å². The Morgan fingerprint density at radius 3 is 2.74 bits per heavy atom. The zero-order chi connectivity index (χ0) is 13.2. The van der Waals surface area contributed by atoms with Gasteiger partial charge in [-0.05, 0) is 42.5 Å². The minimum Gasteiger partial charge on any atom is -0.388 e. The number of rotatable bonds is 2. The molecule has 100 valence electrons. The molecule has 1 heterocycles. The van der Waals surface area contributed by atoms with Crippen molar-refractivity contribution in [1.82, 2.24) is 4.57 Å². The third-order valence-electron chi connectivity index (χ3n) is 3.81. The molecule has 1 N–H and O–H groups in total. The molecular formula is C16H18ClNO. The maximum atomic E-state index is 10.1. The van der Waals surface area contributed by atoms with Gasteiger partial charge in [-0.3, -0.25) is 0 Å². The number of nitrogens with zero attached hydrogens (tertiary/aromatic N) is 1. The number of benzene rings is 1. The van der Waals surface area contributed by atoms with Crippen LogP contribution in [0.25, 0.3) is 0 Å². The lowest BCUT2D eigenvalue weighted by Crippen LogP contribution is -1.98. The van der Waals surface area contributed by atoms with Crippen LogP contribution < -0.4 is 0 Å². The highest BCUT2D eigenvalue weighted by atomic mass is 35.5. The lowest BCUT2D eigenvalue weighted by atomic mass is 10.1. The Balaban J connectivity index is 1.82. The maximum Gasteiger partial charge on any atom is 0.0807 e. The summed E-state index contributed by atoms with van der Waals surface area (Å²) in [6.45, 7) is 0.830. The molecule has 2 nitrogen and oxygen atoms in total. The van der Waals surface area contributed by atoms with E-state index in [0.29, 0.717) is 0 Å². The Labute approximate surface area is 118 Å². The molecule has 0 radical (unpaired) electrons. The Kier molecular flexibility index (Phi) is 3.63. The van der Waals surface area contributed by atoms with Crippen molar-refractivity contribution in [3.8, 4) is 0 Å². The highest BCUT2D eigenvalue weighted by molar-refractivity contribution is 6.30. The normalized spacial score (nSPS) is 18.9. The molecule has 1 aliphatic rings. The molecule has 1 aliphatic carbocycles. The second-order valence-electron chi connectivity index (χ2n) is 5.30. The summed E-state index contributed by atoms with van der Waals surface area (Å²) >= 11 is 5.89. The van der Waals surface area contributed by atoms with E-state index < -0.39 is 0 Å². The monoisotopic (exact) mass is 275 g/mol. The van der Waals surface area contributed by atoms with Crippen LogP contribution in [0.4, 0.5) is 0 Å². The van der Waals surface area contributed by atoms with Crippen LogP contribution in [-0.2, 0) is 13.0 Å². The van der Waals surface area contributed by atoms with Gasteiger partial charge in [0.25, 0.3) is 0 Å². The van der Waals surface area contributed by atoms with Gasteiger partial charge in [0.1, 0.15) is 0 Å². The quantitative estimate of drug-likeness (QED) is 0.825. The van der Waals surface area contributed by atoms with E-state index in [1.54, 1.807) is 0 Å². The number of aromatic nitrogens is 1. The minimum atomic E-state index is -0.288. The fourth-order valence-electron chi connectivity index (χ4n) is 2.78. The van der Waals surface area contributed by atoms with Crippen LogP contribution in [0.1, 0.15) is 42.1 Å². The molecule has 0 saturated heterocycles. The van der Waals surface area contributed by atoms with Crippen molar-refractivity contribution in [1.29, 1.82) is 0 Å². The second kappa shape index (κ2) is 5.40. The van der Waals surface area contributed by atoms with Gasteiger partial charge in [-0.15, -0.1) is 0 Å². The van der Waals surface area contributed by atoms with Crippen LogP contribution in [0.3, 0.4) is 0 Å². The van der Waals surface area contributed by atoms with Gasteiger partial charge in [-0.2, -0.15) is 0 Å². The van der Waals surface area contributed by atoms with Crippen molar-refractivity contribution in [2.24, 2.45) is 0 Å². The molecular weight excluding hydrogens is 258 g/mol. The van der Waals surface area contributed by atoms with Crippen molar-refractivity contribution in [2.75, 3.05) is 0 Å². The van der Waals surface area contributed by atoms with Gasteiger partial charge in [-0.1, -0.05) is 30.2 Å². The van der Waals surface area contributed by atoms with Crippen LogP contribution in [0.2, 0.25) is 5.02 Å². The van der Waals surface area contributed by atoms with Gasteiger partial charge in [0.2, 0.25) is 0 Å². The molecule has 1 unspecified atom stereocenters.